The van der Waals surface area contributed by atoms with E-state index in [9.17, 15) is 9.59 Å². The zero-order valence-electron chi connectivity index (χ0n) is 12.8. The normalized spacial score (nSPS) is 10.1. The second-order valence-corrected chi connectivity index (χ2v) is 4.97. The standard InChI is InChI=1S/C18H20N2O2/c1-3-13-9-11-15(12-10-13)19-17(21)18(22)20-16-8-6-5-7-14(16)4-2/h5-12H,3-4H2,1-2H3,(H,19,21)(H,20,22). The average molecular weight is 296 g/mol. The molecule has 2 aromatic carbocycles. The van der Waals surface area contributed by atoms with Gasteiger partial charge in [-0.05, 0) is 42.2 Å². The Morgan fingerprint density at radius 1 is 0.818 bits per heavy atom. The monoisotopic (exact) mass is 296 g/mol. The molecule has 2 amide bonds. The van der Waals surface area contributed by atoms with Gasteiger partial charge >= 0.3 is 11.8 Å². The van der Waals surface area contributed by atoms with Crippen molar-refractivity contribution in [2.45, 2.75) is 26.7 Å². The van der Waals surface area contributed by atoms with Crippen LogP contribution in [0.2, 0.25) is 0 Å². The van der Waals surface area contributed by atoms with E-state index >= 15 is 0 Å². The summed E-state index contributed by atoms with van der Waals surface area (Å²) in [6.45, 7) is 4.06. The van der Waals surface area contributed by atoms with Gasteiger partial charge in [-0.3, -0.25) is 9.59 Å². The fourth-order valence-electron chi connectivity index (χ4n) is 2.14. The summed E-state index contributed by atoms with van der Waals surface area (Å²) in [6.07, 6.45) is 1.72. The Morgan fingerprint density at radius 2 is 1.45 bits per heavy atom. The second-order valence-electron chi connectivity index (χ2n) is 4.97. The minimum Gasteiger partial charge on any atom is -0.318 e. The van der Waals surface area contributed by atoms with Gasteiger partial charge in [-0.2, -0.15) is 0 Å². The Morgan fingerprint density at radius 3 is 2.09 bits per heavy atom. The van der Waals surface area contributed by atoms with Crippen LogP contribution in [-0.4, -0.2) is 11.8 Å². The third-order valence-electron chi connectivity index (χ3n) is 3.47. The number of carbonyl (C=O) groups excluding carboxylic acids is 2. The van der Waals surface area contributed by atoms with Crippen molar-refractivity contribution in [3.05, 3.63) is 59.7 Å². The number of benzene rings is 2. The Bertz CT molecular complexity index is 663. The van der Waals surface area contributed by atoms with Crippen LogP contribution in [0, 0.1) is 0 Å². The van der Waals surface area contributed by atoms with E-state index in [2.05, 4.69) is 17.6 Å². The van der Waals surface area contributed by atoms with Gasteiger partial charge in [0.2, 0.25) is 0 Å². The van der Waals surface area contributed by atoms with Crippen LogP contribution in [0.25, 0.3) is 0 Å². The van der Waals surface area contributed by atoms with Crippen molar-refractivity contribution in [3.63, 3.8) is 0 Å². The van der Waals surface area contributed by atoms with Crippen LogP contribution in [0.4, 0.5) is 11.4 Å². The Labute approximate surface area is 130 Å². The molecule has 0 saturated carbocycles. The molecule has 0 bridgehead atoms. The van der Waals surface area contributed by atoms with Crippen molar-refractivity contribution in [3.8, 4) is 0 Å². The molecule has 0 spiro atoms. The van der Waals surface area contributed by atoms with Gasteiger partial charge in [0.1, 0.15) is 0 Å². The maximum atomic E-state index is 12.0. The zero-order valence-corrected chi connectivity index (χ0v) is 12.8. The number of rotatable bonds is 4. The van der Waals surface area contributed by atoms with E-state index in [4.69, 9.17) is 0 Å². The van der Waals surface area contributed by atoms with Crippen molar-refractivity contribution in [2.75, 3.05) is 10.6 Å². The third kappa shape index (κ3) is 3.95. The molecule has 4 nitrogen and oxygen atoms in total. The summed E-state index contributed by atoms with van der Waals surface area (Å²) in [4.78, 5) is 23.9. The molecule has 4 heteroatoms. The van der Waals surface area contributed by atoms with Crippen molar-refractivity contribution in [2.24, 2.45) is 0 Å². The summed E-state index contributed by atoms with van der Waals surface area (Å²) < 4.78 is 0. The van der Waals surface area contributed by atoms with Crippen molar-refractivity contribution >= 4 is 23.2 Å². The molecule has 114 valence electrons. The molecule has 0 heterocycles. The van der Waals surface area contributed by atoms with E-state index in [0.717, 1.165) is 18.4 Å². The minimum atomic E-state index is -0.671. The molecule has 0 aliphatic heterocycles. The van der Waals surface area contributed by atoms with Crippen LogP contribution in [0.5, 0.6) is 0 Å². The SMILES string of the molecule is CCc1ccc(NC(=O)C(=O)Nc2ccccc2CC)cc1. The molecule has 0 unspecified atom stereocenters. The molecule has 0 fully saturated rings. The summed E-state index contributed by atoms with van der Waals surface area (Å²) >= 11 is 0. The predicted molar refractivity (Wildman–Crippen MR) is 88.9 cm³/mol. The van der Waals surface area contributed by atoms with Crippen LogP contribution in [0.1, 0.15) is 25.0 Å². The lowest BCUT2D eigenvalue weighted by molar-refractivity contribution is -0.133. The van der Waals surface area contributed by atoms with Gasteiger partial charge < -0.3 is 10.6 Å². The number of nitrogens with one attached hydrogen (secondary N) is 2. The smallest absolute Gasteiger partial charge is 0.314 e. The van der Waals surface area contributed by atoms with Gasteiger partial charge in [0, 0.05) is 11.4 Å². The fraction of sp³-hybridized carbons (Fsp3) is 0.222. The van der Waals surface area contributed by atoms with Crippen molar-refractivity contribution in [1.82, 2.24) is 0 Å². The topological polar surface area (TPSA) is 58.2 Å². The molecule has 0 saturated heterocycles. The number of para-hydroxylation sites is 1. The van der Waals surface area contributed by atoms with Gasteiger partial charge in [-0.15, -0.1) is 0 Å². The van der Waals surface area contributed by atoms with E-state index < -0.39 is 11.8 Å². The second kappa shape index (κ2) is 7.41. The number of anilines is 2. The lowest BCUT2D eigenvalue weighted by atomic mass is 10.1. The number of aryl methyl sites for hydroxylation is 2. The van der Waals surface area contributed by atoms with Gasteiger partial charge in [0.15, 0.2) is 0 Å². The summed E-state index contributed by atoms with van der Waals surface area (Å²) in [7, 11) is 0. The first-order valence-electron chi connectivity index (χ1n) is 7.43. The lowest BCUT2D eigenvalue weighted by Gasteiger charge is -2.10. The first kappa shape index (κ1) is 15.8. The molecule has 0 radical (unpaired) electrons. The molecule has 2 rings (SSSR count). The highest BCUT2D eigenvalue weighted by molar-refractivity contribution is 6.43. The summed E-state index contributed by atoms with van der Waals surface area (Å²) in [6, 6.07) is 14.9. The molecule has 0 aromatic heterocycles. The van der Waals surface area contributed by atoms with Gasteiger partial charge in [0.25, 0.3) is 0 Å². The third-order valence-corrected chi connectivity index (χ3v) is 3.47. The number of carbonyl (C=O) groups is 2. The molecular formula is C18H20N2O2. The van der Waals surface area contributed by atoms with Gasteiger partial charge in [-0.1, -0.05) is 44.2 Å². The zero-order chi connectivity index (χ0) is 15.9. The molecule has 0 aliphatic rings. The van der Waals surface area contributed by atoms with E-state index in [1.807, 2.05) is 37.3 Å². The average Bonchev–Trinajstić information content (AvgIpc) is 2.56. The van der Waals surface area contributed by atoms with E-state index in [1.54, 1.807) is 18.2 Å². The summed E-state index contributed by atoms with van der Waals surface area (Å²) in [5.41, 5.74) is 3.46. The highest BCUT2D eigenvalue weighted by atomic mass is 16.2. The molecule has 2 aromatic rings. The van der Waals surface area contributed by atoms with Crippen LogP contribution < -0.4 is 10.6 Å². The maximum Gasteiger partial charge on any atom is 0.314 e. The van der Waals surface area contributed by atoms with E-state index in [0.29, 0.717) is 11.4 Å². The molecule has 0 atom stereocenters. The number of amides is 2. The van der Waals surface area contributed by atoms with Crippen molar-refractivity contribution in [1.29, 1.82) is 0 Å². The van der Waals surface area contributed by atoms with Crippen LogP contribution in [0.3, 0.4) is 0 Å². The molecule has 0 aliphatic carbocycles. The molecule has 22 heavy (non-hydrogen) atoms. The number of hydrogen-bond acceptors (Lipinski definition) is 2. The van der Waals surface area contributed by atoms with Gasteiger partial charge in [0.05, 0.1) is 0 Å². The minimum absolute atomic E-state index is 0.612. The van der Waals surface area contributed by atoms with E-state index in [-0.39, 0.29) is 0 Å². The maximum absolute atomic E-state index is 12.0. The predicted octanol–water partition coefficient (Wildman–Crippen LogP) is 3.39. The highest BCUT2D eigenvalue weighted by Gasteiger charge is 2.15. The number of hydrogen-bond donors (Lipinski definition) is 2. The molecule has 2 N–H and O–H groups in total. The summed E-state index contributed by atoms with van der Waals surface area (Å²) in [5.74, 6) is -1.34. The largest absolute Gasteiger partial charge is 0.318 e. The highest BCUT2D eigenvalue weighted by Crippen LogP contribution is 2.15. The quantitative estimate of drug-likeness (QED) is 0.850. The molecular weight excluding hydrogens is 276 g/mol. The Kier molecular flexibility index (Phi) is 5.31. The Balaban J connectivity index is 2.01. The first-order valence-corrected chi connectivity index (χ1v) is 7.43. The van der Waals surface area contributed by atoms with Crippen LogP contribution >= 0.6 is 0 Å². The van der Waals surface area contributed by atoms with E-state index in [1.165, 1.54) is 5.56 Å². The first-order chi connectivity index (χ1) is 10.6. The fourth-order valence-corrected chi connectivity index (χ4v) is 2.14. The Hall–Kier alpha value is -2.62. The van der Waals surface area contributed by atoms with Crippen molar-refractivity contribution < 1.29 is 9.59 Å². The van der Waals surface area contributed by atoms with Crippen LogP contribution in [-0.2, 0) is 22.4 Å². The lowest BCUT2D eigenvalue weighted by Crippen LogP contribution is -2.29. The summed E-state index contributed by atoms with van der Waals surface area (Å²) in [5, 5.41) is 5.25. The van der Waals surface area contributed by atoms with Gasteiger partial charge in [-0.25, -0.2) is 0 Å². The van der Waals surface area contributed by atoms with Crippen LogP contribution in [0.15, 0.2) is 48.5 Å².